The highest BCUT2D eigenvalue weighted by atomic mass is 16.5. The molecule has 1 N–H and O–H groups in total. The maximum atomic E-state index is 12.5. The Morgan fingerprint density at radius 2 is 1.60 bits per heavy atom. The molecule has 4 saturated carbocycles. The van der Waals surface area contributed by atoms with Crippen molar-refractivity contribution in [3.8, 4) is 0 Å². The molecule has 1 amide bonds. The van der Waals surface area contributed by atoms with Crippen LogP contribution < -0.4 is 5.32 Å². The van der Waals surface area contributed by atoms with Crippen molar-refractivity contribution < 1.29 is 19.1 Å². The van der Waals surface area contributed by atoms with Crippen LogP contribution in [0, 0.1) is 17.8 Å². The normalized spacial score (nSPS) is 32.7. The molecule has 0 unspecified atom stereocenters. The summed E-state index contributed by atoms with van der Waals surface area (Å²) in [5, 5.41) is 3.25. The monoisotopic (exact) mass is 412 g/mol. The third-order valence-corrected chi connectivity index (χ3v) is 7.48. The minimum Gasteiger partial charge on any atom is -0.452 e. The van der Waals surface area contributed by atoms with E-state index in [2.05, 4.69) is 10.2 Å². The van der Waals surface area contributed by atoms with Gasteiger partial charge in [-0.15, -0.1) is 0 Å². The second kappa shape index (κ2) is 8.31. The van der Waals surface area contributed by atoms with Crippen LogP contribution in [0.5, 0.6) is 0 Å². The lowest BCUT2D eigenvalue weighted by Crippen LogP contribution is -2.60. The number of rotatable bonds is 6. The molecule has 162 valence electrons. The Morgan fingerprint density at radius 1 is 1.00 bits per heavy atom. The molecule has 0 aromatic heterocycles. The van der Waals surface area contributed by atoms with Crippen LogP contribution >= 0.6 is 0 Å². The van der Waals surface area contributed by atoms with Crippen molar-refractivity contribution in [1.29, 1.82) is 0 Å². The SMILES string of the molecule is O=C(COC(=O)c1ccc(CN2CCOCC2)cc1)NC12CC3CC(CC(C3)C1)C2. The van der Waals surface area contributed by atoms with Crippen molar-refractivity contribution in [2.75, 3.05) is 32.9 Å². The smallest absolute Gasteiger partial charge is 0.338 e. The Bertz CT molecular complexity index is 750. The Hall–Kier alpha value is -1.92. The van der Waals surface area contributed by atoms with Crippen LogP contribution in [-0.2, 0) is 20.8 Å². The molecule has 1 heterocycles. The van der Waals surface area contributed by atoms with Gasteiger partial charge in [0, 0.05) is 25.2 Å². The lowest BCUT2D eigenvalue weighted by molar-refractivity contribution is -0.130. The van der Waals surface area contributed by atoms with Crippen LogP contribution in [-0.4, -0.2) is 55.2 Å². The number of nitrogens with one attached hydrogen (secondary N) is 1. The zero-order chi connectivity index (χ0) is 20.6. The van der Waals surface area contributed by atoms with E-state index in [1.165, 1.54) is 19.3 Å². The Balaban J connectivity index is 1.10. The van der Waals surface area contributed by atoms with Gasteiger partial charge in [0.15, 0.2) is 6.61 Å². The quantitative estimate of drug-likeness (QED) is 0.728. The maximum absolute atomic E-state index is 12.5. The van der Waals surface area contributed by atoms with Crippen molar-refractivity contribution in [2.45, 2.75) is 50.6 Å². The molecule has 1 aromatic carbocycles. The van der Waals surface area contributed by atoms with E-state index in [4.69, 9.17) is 9.47 Å². The second-order valence-electron chi connectivity index (χ2n) is 9.91. The average molecular weight is 413 g/mol. The van der Waals surface area contributed by atoms with E-state index >= 15 is 0 Å². The molecule has 0 radical (unpaired) electrons. The first kappa shape index (κ1) is 20.0. The number of benzene rings is 1. The van der Waals surface area contributed by atoms with E-state index in [1.54, 1.807) is 12.1 Å². The van der Waals surface area contributed by atoms with Gasteiger partial charge in [0.2, 0.25) is 0 Å². The van der Waals surface area contributed by atoms with E-state index < -0.39 is 5.97 Å². The van der Waals surface area contributed by atoms with Gasteiger partial charge in [-0.2, -0.15) is 0 Å². The third-order valence-electron chi connectivity index (χ3n) is 7.48. The number of amides is 1. The minimum absolute atomic E-state index is 0.0423. The summed E-state index contributed by atoms with van der Waals surface area (Å²) in [4.78, 5) is 27.3. The summed E-state index contributed by atoms with van der Waals surface area (Å²) in [6.07, 6.45) is 7.32. The number of morpholine rings is 1. The summed E-state index contributed by atoms with van der Waals surface area (Å²) in [6, 6.07) is 7.49. The Labute approximate surface area is 178 Å². The Morgan fingerprint density at radius 3 is 2.20 bits per heavy atom. The minimum atomic E-state index is -0.436. The molecule has 6 rings (SSSR count). The van der Waals surface area contributed by atoms with Gasteiger partial charge >= 0.3 is 5.97 Å². The maximum Gasteiger partial charge on any atom is 0.338 e. The summed E-state index contributed by atoms with van der Waals surface area (Å²) >= 11 is 0. The third kappa shape index (κ3) is 4.40. The summed E-state index contributed by atoms with van der Waals surface area (Å²) in [5.41, 5.74) is 1.61. The summed E-state index contributed by atoms with van der Waals surface area (Å²) in [6.45, 7) is 4.07. The first-order chi connectivity index (χ1) is 14.6. The molecule has 6 nitrogen and oxygen atoms in total. The number of hydrogen-bond donors (Lipinski definition) is 1. The van der Waals surface area contributed by atoms with Gasteiger partial charge in [-0.3, -0.25) is 9.69 Å². The van der Waals surface area contributed by atoms with Gasteiger partial charge in [-0.25, -0.2) is 4.79 Å². The predicted molar refractivity (Wildman–Crippen MR) is 112 cm³/mol. The van der Waals surface area contributed by atoms with Crippen LogP contribution in [0.2, 0.25) is 0 Å². The van der Waals surface area contributed by atoms with E-state index in [0.717, 1.165) is 75.4 Å². The molecule has 1 saturated heterocycles. The zero-order valence-electron chi connectivity index (χ0n) is 17.6. The van der Waals surface area contributed by atoms with Gasteiger partial charge in [-0.1, -0.05) is 12.1 Å². The number of carbonyl (C=O) groups excluding carboxylic acids is 2. The van der Waals surface area contributed by atoms with E-state index in [9.17, 15) is 9.59 Å². The number of nitrogens with zero attached hydrogens (tertiary/aromatic N) is 1. The molecule has 30 heavy (non-hydrogen) atoms. The molecule has 4 bridgehead atoms. The summed E-state index contributed by atoms with van der Waals surface area (Å²) in [7, 11) is 0. The Kier molecular flexibility index (Phi) is 5.54. The van der Waals surface area contributed by atoms with Gasteiger partial charge in [0.25, 0.3) is 5.91 Å². The number of hydrogen-bond acceptors (Lipinski definition) is 5. The van der Waals surface area contributed by atoms with E-state index in [1.807, 2.05) is 12.1 Å². The molecule has 5 fully saturated rings. The van der Waals surface area contributed by atoms with Crippen LogP contribution in [0.15, 0.2) is 24.3 Å². The highest BCUT2D eigenvalue weighted by Crippen LogP contribution is 2.55. The van der Waals surface area contributed by atoms with Gasteiger partial charge < -0.3 is 14.8 Å². The molecule has 1 aromatic rings. The summed E-state index contributed by atoms with van der Waals surface area (Å²) in [5.74, 6) is 1.73. The first-order valence-electron chi connectivity index (χ1n) is 11.4. The molecule has 0 atom stereocenters. The van der Waals surface area contributed by atoms with Crippen LogP contribution in [0.3, 0.4) is 0 Å². The fourth-order valence-corrected chi connectivity index (χ4v) is 6.57. The van der Waals surface area contributed by atoms with Crippen molar-refractivity contribution in [3.05, 3.63) is 35.4 Å². The second-order valence-corrected chi connectivity index (χ2v) is 9.91. The predicted octanol–water partition coefficient (Wildman–Crippen LogP) is 2.76. The summed E-state index contributed by atoms with van der Waals surface area (Å²) < 4.78 is 10.7. The molecule has 5 aliphatic rings. The van der Waals surface area contributed by atoms with Crippen LogP contribution in [0.1, 0.15) is 54.4 Å². The molecule has 4 aliphatic carbocycles. The van der Waals surface area contributed by atoms with Crippen molar-refractivity contribution in [3.63, 3.8) is 0 Å². The highest BCUT2D eigenvalue weighted by molar-refractivity contribution is 5.91. The number of ether oxygens (including phenoxy) is 2. The lowest BCUT2D eigenvalue weighted by Gasteiger charge is -2.56. The first-order valence-corrected chi connectivity index (χ1v) is 11.4. The fraction of sp³-hybridized carbons (Fsp3) is 0.667. The van der Waals surface area contributed by atoms with E-state index in [-0.39, 0.29) is 18.1 Å². The van der Waals surface area contributed by atoms with Gasteiger partial charge in [-0.05, 0) is 74.0 Å². The van der Waals surface area contributed by atoms with Crippen molar-refractivity contribution in [2.24, 2.45) is 17.8 Å². The molecule has 0 spiro atoms. The topological polar surface area (TPSA) is 67.9 Å². The highest BCUT2D eigenvalue weighted by Gasteiger charge is 2.51. The molecule has 1 aliphatic heterocycles. The van der Waals surface area contributed by atoms with Crippen LogP contribution in [0.4, 0.5) is 0 Å². The molecular formula is C24H32N2O4. The molecular weight excluding hydrogens is 380 g/mol. The number of esters is 1. The lowest BCUT2D eigenvalue weighted by atomic mass is 9.53. The van der Waals surface area contributed by atoms with E-state index in [0.29, 0.717) is 5.56 Å². The number of carbonyl (C=O) groups is 2. The largest absolute Gasteiger partial charge is 0.452 e. The molecule has 6 heteroatoms. The van der Waals surface area contributed by atoms with Gasteiger partial charge in [0.1, 0.15) is 0 Å². The van der Waals surface area contributed by atoms with Crippen LogP contribution in [0.25, 0.3) is 0 Å². The zero-order valence-corrected chi connectivity index (χ0v) is 17.6. The van der Waals surface area contributed by atoms with Gasteiger partial charge in [0.05, 0.1) is 18.8 Å². The average Bonchev–Trinajstić information content (AvgIpc) is 2.72. The standard InChI is InChI=1S/C24H32N2O4/c27-22(25-24-12-18-9-19(13-24)11-20(10-18)14-24)16-30-23(28)21-3-1-17(2-4-21)15-26-5-7-29-8-6-26/h1-4,18-20H,5-16H2,(H,25,27). The van der Waals surface area contributed by atoms with Crippen molar-refractivity contribution >= 4 is 11.9 Å². The fourth-order valence-electron chi connectivity index (χ4n) is 6.57. The van der Waals surface area contributed by atoms with Crippen molar-refractivity contribution in [1.82, 2.24) is 10.2 Å².